The third kappa shape index (κ3) is 3.51. The molecule has 2 fully saturated rings. The summed E-state index contributed by atoms with van der Waals surface area (Å²) in [6.45, 7) is 0.552. The van der Waals surface area contributed by atoms with Crippen molar-refractivity contribution in [3.8, 4) is 0 Å². The first-order chi connectivity index (χ1) is 7.90. The Labute approximate surface area is 103 Å². The molecule has 2 heterocycles. The molecule has 0 aliphatic carbocycles. The fourth-order valence-corrected chi connectivity index (χ4v) is 4.11. The number of nitrogens with two attached hydrogens (primary N) is 1. The van der Waals surface area contributed by atoms with Gasteiger partial charge in [0.25, 0.3) is 0 Å². The van der Waals surface area contributed by atoms with Crippen LogP contribution < -0.4 is 5.73 Å². The van der Waals surface area contributed by atoms with E-state index >= 15 is 0 Å². The minimum atomic E-state index is -4.16. The van der Waals surface area contributed by atoms with E-state index in [0.717, 1.165) is 17.9 Å². The Kier molecular flexibility index (Phi) is 3.95. The summed E-state index contributed by atoms with van der Waals surface area (Å²) in [5, 5.41) is 0. The van der Waals surface area contributed by atoms with Crippen LogP contribution in [0.15, 0.2) is 0 Å². The van der Waals surface area contributed by atoms with Gasteiger partial charge in [0, 0.05) is 18.4 Å². The standard InChI is InChI=1S/C11H18F3NOS/c12-11(13,14)6-9(15)8-1-3-16-10(5-8)2-4-17-7-10/h8-9H,1-7,15H2. The molecular formula is C11H18F3NOS. The van der Waals surface area contributed by atoms with Gasteiger partial charge in [0.05, 0.1) is 12.0 Å². The number of hydrogen-bond acceptors (Lipinski definition) is 3. The summed E-state index contributed by atoms with van der Waals surface area (Å²) < 4.78 is 42.7. The predicted molar refractivity (Wildman–Crippen MR) is 62.0 cm³/mol. The molecule has 0 radical (unpaired) electrons. The lowest BCUT2D eigenvalue weighted by Gasteiger charge is -2.40. The molecule has 0 saturated carbocycles. The van der Waals surface area contributed by atoms with Crippen LogP contribution in [0.1, 0.15) is 25.7 Å². The van der Waals surface area contributed by atoms with Gasteiger partial charge in [-0.2, -0.15) is 24.9 Å². The highest BCUT2D eigenvalue weighted by Crippen LogP contribution is 2.42. The van der Waals surface area contributed by atoms with Crippen molar-refractivity contribution in [2.24, 2.45) is 11.7 Å². The molecule has 2 saturated heterocycles. The minimum absolute atomic E-state index is 0.0518. The lowest BCUT2D eigenvalue weighted by atomic mass is 9.80. The Bertz CT molecular complexity index is 266. The van der Waals surface area contributed by atoms with E-state index < -0.39 is 18.6 Å². The topological polar surface area (TPSA) is 35.2 Å². The van der Waals surface area contributed by atoms with E-state index in [1.807, 2.05) is 11.8 Å². The second-order valence-corrected chi connectivity index (χ2v) is 6.18. The molecule has 100 valence electrons. The van der Waals surface area contributed by atoms with E-state index in [9.17, 15) is 13.2 Å². The summed E-state index contributed by atoms with van der Waals surface area (Å²) in [4.78, 5) is 0. The highest BCUT2D eigenvalue weighted by atomic mass is 32.2. The molecular weight excluding hydrogens is 251 g/mol. The first-order valence-corrected chi connectivity index (χ1v) is 7.10. The zero-order valence-corrected chi connectivity index (χ0v) is 10.4. The van der Waals surface area contributed by atoms with Gasteiger partial charge in [0.15, 0.2) is 0 Å². The summed E-state index contributed by atoms with van der Waals surface area (Å²) in [5.74, 6) is 1.90. The van der Waals surface area contributed by atoms with E-state index in [-0.39, 0.29) is 11.5 Å². The Morgan fingerprint density at radius 3 is 2.82 bits per heavy atom. The molecule has 2 aliphatic heterocycles. The highest BCUT2D eigenvalue weighted by Gasteiger charge is 2.43. The number of thioether (sulfide) groups is 1. The molecule has 17 heavy (non-hydrogen) atoms. The van der Waals surface area contributed by atoms with E-state index in [0.29, 0.717) is 19.4 Å². The average molecular weight is 269 g/mol. The summed E-state index contributed by atoms with van der Waals surface area (Å²) in [5.41, 5.74) is 5.52. The van der Waals surface area contributed by atoms with Crippen molar-refractivity contribution >= 4 is 11.8 Å². The zero-order chi connectivity index (χ0) is 12.5. The summed E-state index contributed by atoms with van der Waals surface area (Å²) in [7, 11) is 0. The highest BCUT2D eigenvalue weighted by molar-refractivity contribution is 7.99. The normalized spacial score (nSPS) is 36.4. The third-order valence-electron chi connectivity index (χ3n) is 3.67. The first-order valence-electron chi connectivity index (χ1n) is 5.94. The van der Waals surface area contributed by atoms with Gasteiger partial charge in [-0.05, 0) is 30.9 Å². The predicted octanol–water partition coefficient (Wildman–Crippen LogP) is 2.57. The average Bonchev–Trinajstić information content (AvgIpc) is 2.64. The van der Waals surface area contributed by atoms with Crippen LogP contribution in [0.2, 0.25) is 0 Å². The van der Waals surface area contributed by atoms with Gasteiger partial charge in [-0.25, -0.2) is 0 Å². The number of rotatable bonds is 2. The fourth-order valence-electron chi connectivity index (χ4n) is 2.73. The van der Waals surface area contributed by atoms with Crippen molar-refractivity contribution in [2.75, 3.05) is 18.1 Å². The molecule has 3 atom stereocenters. The molecule has 3 unspecified atom stereocenters. The monoisotopic (exact) mass is 269 g/mol. The molecule has 2 rings (SSSR count). The molecule has 0 bridgehead atoms. The third-order valence-corrected chi connectivity index (χ3v) is 4.89. The summed E-state index contributed by atoms with van der Waals surface area (Å²) >= 11 is 1.82. The van der Waals surface area contributed by atoms with Gasteiger partial charge in [-0.1, -0.05) is 0 Å². The molecule has 2 aliphatic rings. The largest absolute Gasteiger partial charge is 0.390 e. The second kappa shape index (κ2) is 4.97. The molecule has 6 heteroatoms. The molecule has 0 amide bonds. The summed E-state index contributed by atoms with van der Waals surface area (Å²) in [6.07, 6.45) is -2.73. The molecule has 1 spiro atoms. The van der Waals surface area contributed by atoms with E-state index in [1.165, 1.54) is 0 Å². The number of alkyl halides is 3. The Morgan fingerprint density at radius 1 is 1.47 bits per heavy atom. The van der Waals surface area contributed by atoms with Crippen LogP contribution in [0.3, 0.4) is 0 Å². The second-order valence-electron chi connectivity index (χ2n) is 5.07. The van der Waals surface area contributed by atoms with E-state index in [2.05, 4.69) is 0 Å². The number of halogens is 3. The minimum Gasteiger partial charge on any atom is -0.374 e. The molecule has 0 aromatic rings. The van der Waals surface area contributed by atoms with Crippen molar-refractivity contribution in [3.05, 3.63) is 0 Å². The first kappa shape index (κ1) is 13.5. The zero-order valence-electron chi connectivity index (χ0n) is 9.63. The van der Waals surface area contributed by atoms with Crippen LogP contribution in [-0.2, 0) is 4.74 Å². The van der Waals surface area contributed by atoms with Crippen LogP contribution in [-0.4, -0.2) is 35.9 Å². The van der Waals surface area contributed by atoms with Crippen molar-refractivity contribution in [1.82, 2.24) is 0 Å². The van der Waals surface area contributed by atoms with Crippen LogP contribution in [0.25, 0.3) is 0 Å². The SMILES string of the molecule is NC(CC(F)(F)F)C1CCOC2(CCSC2)C1. The maximum Gasteiger partial charge on any atom is 0.390 e. The maximum atomic E-state index is 12.3. The van der Waals surface area contributed by atoms with Gasteiger partial charge in [0.2, 0.25) is 0 Å². The van der Waals surface area contributed by atoms with Crippen molar-refractivity contribution < 1.29 is 17.9 Å². The van der Waals surface area contributed by atoms with Crippen molar-refractivity contribution in [2.45, 2.75) is 43.5 Å². The molecule has 0 aromatic carbocycles. The number of hydrogen-bond donors (Lipinski definition) is 1. The van der Waals surface area contributed by atoms with Crippen molar-refractivity contribution in [3.63, 3.8) is 0 Å². The van der Waals surface area contributed by atoms with Gasteiger partial charge in [-0.3, -0.25) is 0 Å². The molecule has 0 aromatic heterocycles. The Hall–Kier alpha value is 0.0600. The Morgan fingerprint density at radius 2 is 2.24 bits per heavy atom. The quantitative estimate of drug-likeness (QED) is 0.837. The maximum absolute atomic E-state index is 12.3. The van der Waals surface area contributed by atoms with Gasteiger partial charge >= 0.3 is 6.18 Å². The molecule has 2 N–H and O–H groups in total. The van der Waals surface area contributed by atoms with Crippen LogP contribution >= 0.6 is 11.8 Å². The molecule has 2 nitrogen and oxygen atoms in total. The Balaban J connectivity index is 1.92. The van der Waals surface area contributed by atoms with Gasteiger partial charge < -0.3 is 10.5 Å². The smallest absolute Gasteiger partial charge is 0.374 e. The lowest BCUT2D eigenvalue weighted by molar-refractivity contribution is -0.147. The van der Waals surface area contributed by atoms with E-state index in [4.69, 9.17) is 10.5 Å². The fraction of sp³-hybridized carbons (Fsp3) is 1.00. The van der Waals surface area contributed by atoms with Crippen molar-refractivity contribution in [1.29, 1.82) is 0 Å². The van der Waals surface area contributed by atoms with Crippen LogP contribution in [0.5, 0.6) is 0 Å². The summed E-state index contributed by atoms with van der Waals surface area (Å²) in [6, 6.07) is -0.777. The number of ether oxygens (including phenoxy) is 1. The van der Waals surface area contributed by atoms with Gasteiger partial charge in [-0.15, -0.1) is 0 Å². The van der Waals surface area contributed by atoms with Crippen LogP contribution in [0.4, 0.5) is 13.2 Å². The van der Waals surface area contributed by atoms with Crippen LogP contribution in [0, 0.1) is 5.92 Å². The lowest BCUT2D eigenvalue weighted by Crippen LogP contribution is -2.46. The van der Waals surface area contributed by atoms with Gasteiger partial charge in [0.1, 0.15) is 0 Å². The van der Waals surface area contributed by atoms with E-state index in [1.54, 1.807) is 0 Å².